The highest BCUT2D eigenvalue weighted by Crippen LogP contribution is 2.29. The molecule has 1 aromatic heterocycles. The van der Waals surface area contributed by atoms with E-state index in [1.807, 2.05) is 42.2 Å². The lowest BCUT2D eigenvalue weighted by Crippen LogP contribution is -2.48. The van der Waals surface area contributed by atoms with Crippen LogP contribution >= 0.6 is 11.6 Å². The average Bonchev–Trinajstić information content (AvgIpc) is 3.17. The van der Waals surface area contributed by atoms with E-state index in [2.05, 4.69) is 10.00 Å². The number of halogens is 1. The summed E-state index contributed by atoms with van der Waals surface area (Å²) in [4.78, 5) is 2.16. The van der Waals surface area contributed by atoms with Crippen LogP contribution in [-0.4, -0.2) is 72.0 Å². The van der Waals surface area contributed by atoms with Crippen molar-refractivity contribution in [2.75, 3.05) is 46.6 Å². The number of methoxy groups -OCH3 is 1. The van der Waals surface area contributed by atoms with Gasteiger partial charge >= 0.3 is 0 Å². The number of aryl methyl sites for hydroxylation is 1. The molecule has 0 aliphatic carbocycles. The third-order valence-electron chi connectivity index (χ3n) is 5.74. The fourth-order valence-corrected chi connectivity index (χ4v) is 4.12. The van der Waals surface area contributed by atoms with Crippen molar-refractivity contribution in [3.8, 4) is 17.2 Å². The van der Waals surface area contributed by atoms with Crippen LogP contribution in [0.15, 0.2) is 54.9 Å². The van der Waals surface area contributed by atoms with E-state index in [4.69, 9.17) is 30.5 Å². The lowest BCUT2D eigenvalue weighted by molar-refractivity contribution is -0.0646. The summed E-state index contributed by atoms with van der Waals surface area (Å²) >= 11 is 5.94. The molecule has 0 radical (unpaired) electrons. The lowest BCUT2D eigenvalue weighted by Gasteiger charge is -2.30. The summed E-state index contributed by atoms with van der Waals surface area (Å²) in [7, 11) is 1.63. The molecule has 0 amide bonds. The van der Waals surface area contributed by atoms with Gasteiger partial charge in [-0.05, 0) is 54.4 Å². The molecule has 2 heterocycles. The van der Waals surface area contributed by atoms with Crippen molar-refractivity contribution in [2.24, 2.45) is 0 Å². The maximum atomic E-state index is 11.2. The highest BCUT2D eigenvalue weighted by Gasteiger charge is 2.33. The minimum absolute atomic E-state index is 0.122. The molecular formula is C26H32ClN3O5. The fraction of sp³-hybridized carbons (Fsp3) is 0.423. The second-order valence-electron chi connectivity index (χ2n) is 8.84. The topological polar surface area (TPSA) is 78.2 Å². The van der Waals surface area contributed by atoms with Gasteiger partial charge in [-0.2, -0.15) is 5.10 Å². The van der Waals surface area contributed by atoms with Crippen LogP contribution in [0.4, 0.5) is 0 Å². The predicted octanol–water partition coefficient (Wildman–Crippen LogP) is 3.57. The van der Waals surface area contributed by atoms with Gasteiger partial charge in [0, 0.05) is 30.9 Å². The van der Waals surface area contributed by atoms with E-state index in [0.717, 1.165) is 11.1 Å². The van der Waals surface area contributed by atoms with Gasteiger partial charge in [-0.1, -0.05) is 17.7 Å². The molecule has 1 aliphatic heterocycles. The van der Waals surface area contributed by atoms with Crippen LogP contribution in [0.2, 0.25) is 5.02 Å². The summed E-state index contributed by atoms with van der Waals surface area (Å²) in [5, 5.41) is 16.1. The van der Waals surface area contributed by atoms with Crippen LogP contribution < -0.4 is 14.2 Å². The van der Waals surface area contributed by atoms with Gasteiger partial charge in [-0.15, -0.1) is 0 Å². The molecule has 1 N–H and O–H groups in total. The number of nitrogens with zero attached hydrogens (tertiary/aromatic N) is 3. The molecule has 35 heavy (non-hydrogen) atoms. The molecule has 0 saturated carbocycles. The lowest BCUT2D eigenvalue weighted by atomic mass is 10.1. The van der Waals surface area contributed by atoms with Gasteiger partial charge in [-0.3, -0.25) is 9.58 Å². The Bertz CT molecular complexity index is 1090. The Morgan fingerprint density at radius 1 is 1.14 bits per heavy atom. The molecule has 1 aliphatic rings. The standard InChI is InChI=1S/C26H32ClN3O5/c1-20-14-28-30(15-20)10-12-34-24-8-3-21(13-25(24)32-2)16-29-9-11-33-18-26(31,17-29)19-35-23-6-4-22(27)5-7-23/h3-8,13-15,31H,9-12,16-19H2,1-2H3/t26-/m1/s1. The van der Waals surface area contributed by atoms with E-state index >= 15 is 0 Å². The molecule has 0 spiro atoms. The summed E-state index contributed by atoms with van der Waals surface area (Å²) in [6, 6.07) is 13.0. The van der Waals surface area contributed by atoms with Gasteiger partial charge in [0.15, 0.2) is 11.5 Å². The summed E-state index contributed by atoms with van der Waals surface area (Å²) in [6.45, 7) is 5.78. The average molecular weight is 502 g/mol. The first-order valence-electron chi connectivity index (χ1n) is 11.6. The van der Waals surface area contributed by atoms with E-state index in [9.17, 15) is 5.11 Å². The van der Waals surface area contributed by atoms with Crippen LogP contribution in [0.1, 0.15) is 11.1 Å². The Labute approximate surface area is 210 Å². The van der Waals surface area contributed by atoms with E-state index < -0.39 is 5.60 Å². The van der Waals surface area contributed by atoms with E-state index in [1.54, 1.807) is 31.4 Å². The van der Waals surface area contributed by atoms with Crippen molar-refractivity contribution >= 4 is 11.6 Å². The molecule has 8 nitrogen and oxygen atoms in total. The molecule has 4 rings (SSSR count). The second kappa shape index (κ2) is 11.8. The number of β-amino-alcohol motifs (C(OH)–C–C–N with tert-alkyl or cyclic N) is 1. The molecule has 188 valence electrons. The number of aromatic nitrogens is 2. The summed E-state index contributed by atoms with van der Waals surface area (Å²) in [5.74, 6) is 2.01. The van der Waals surface area contributed by atoms with E-state index in [0.29, 0.717) is 61.7 Å². The first-order chi connectivity index (χ1) is 16.9. The van der Waals surface area contributed by atoms with Gasteiger partial charge in [-0.25, -0.2) is 0 Å². The van der Waals surface area contributed by atoms with Gasteiger partial charge in [0.1, 0.15) is 24.6 Å². The van der Waals surface area contributed by atoms with Crippen LogP contribution in [-0.2, 0) is 17.8 Å². The molecule has 9 heteroatoms. The maximum absolute atomic E-state index is 11.2. The molecule has 0 unspecified atom stereocenters. The van der Waals surface area contributed by atoms with E-state index in [1.165, 1.54) is 0 Å². The summed E-state index contributed by atoms with van der Waals surface area (Å²) in [5.41, 5.74) is 1.04. The number of benzene rings is 2. The zero-order chi connectivity index (χ0) is 24.7. The smallest absolute Gasteiger partial charge is 0.161 e. The van der Waals surface area contributed by atoms with Gasteiger partial charge in [0.25, 0.3) is 0 Å². The van der Waals surface area contributed by atoms with Crippen LogP contribution in [0.5, 0.6) is 17.2 Å². The van der Waals surface area contributed by atoms with Crippen LogP contribution in [0.25, 0.3) is 0 Å². The normalized spacial score (nSPS) is 18.7. The molecule has 0 bridgehead atoms. The van der Waals surface area contributed by atoms with Crippen LogP contribution in [0, 0.1) is 6.92 Å². The third kappa shape index (κ3) is 7.35. The zero-order valence-electron chi connectivity index (χ0n) is 20.2. The quantitative estimate of drug-likeness (QED) is 0.455. The molecule has 1 saturated heterocycles. The largest absolute Gasteiger partial charge is 0.493 e. The SMILES string of the molecule is COc1cc(CN2CCOC[C@@](O)(COc3ccc(Cl)cc3)C2)ccc1OCCn1cc(C)cn1. The number of rotatable bonds is 10. The Morgan fingerprint density at radius 2 is 1.97 bits per heavy atom. The van der Waals surface area contributed by atoms with Crippen molar-refractivity contribution in [1.82, 2.24) is 14.7 Å². The Hall–Kier alpha value is -2.78. The van der Waals surface area contributed by atoms with Crippen molar-refractivity contribution < 1.29 is 24.1 Å². The monoisotopic (exact) mass is 501 g/mol. The Kier molecular flexibility index (Phi) is 8.51. The van der Waals surface area contributed by atoms with Gasteiger partial charge in [0.2, 0.25) is 0 Å². The molecule has 1 fully saturated rings. The van der Waals surface area contributed by atoms with Crippen molar-refractivity contribution in [3.63, 3.8) is 0 Å². The summed E-state index contributed by atoms with van der Waals surface area (Å²) < 4.78 is 24.9. The number of ether oxygens (including phenoxy) is 4. The minimum atomic E-state index is -1.13. The molecule has 1 atom stereocenters. The second-order valence-corrected chi connectivity index (χ2v) is 9.28. The Morgan fingerprint density at radius 3 is 2.71 bits per heavy atom. The Balaban J connectivity index is 1.34. The highest BCUT2D eigenvalue weighted by atomic mass is 35.5. The maximum Gasteiger partial charge on any atom is 0.161 e. The van der Waals surface area contributed by atoms with Crippen molar-refractivity contribution in [2.45, 2.75) is 25.6 Å². The van der Waals surface area contributed by atoms with E-state index in [-0.39, 0.29) is 13.2 Å². The molecule has 3 aromatic rings. The first kappa shape index (κ1) is 25.3. The van der Waals surface area contributed by atoms with Gasteiger partial charge in [0.05, 0.1) is 33.1 Å². The zero-order valence-corrected chi connectivity index (χ0v) is 20.9. The van der Waals surface area contributed by atoms with Crippen molar-refractivity contribution in [1.29, 1.82) is 0 Å². The van der Waals surface area contributed by atoms with Crippen molar-refractivity contribution in [3.05, 3.63) is 71.0 Å². The third-order valence-corrected chi connectivity index (χ3v) is 5.99. The molecule has 2 aromatic carbocycles. The number of hydrogen-bond acceptors (Lipinski definition) is 7. The minimum Gasteiger partial charge on any atom is -0.493 e. The number of aliphatic hydroxyl groups is 1. The molecular weight excluding hydrogens is 470 g/mol. The van der Waals surface area contributed by atoms with Crippen LogP contribution in [0.3, 0.4) is 0 Å². The van der Waals surface area contributed by atoms with Gasteiger partial charge < -0.3 is 24.1 Å². The first-order valence-corrected chi connectivity index (χ1v) is 12.0. The fourth-order valence-electron chi connectivity index (χ4n) is 3.99. The number of hydrogen-bond donors (Lipinski definition) is 1. The summed E-state index contributed by atoms with van der Waals surface area (Å²) in [6.07, 6.45) is 3.81. The highest BCUT2D eigenvalue weighted by molar-refractivity contribution is 6.30. The predicted molar refractivity (Wildman–Crippen MR) is 133 cm³/mol.